The van der Waals surface area contributed by atoms with Gasteiger partial charge in [-0.25, -0.2) is 18.0 Å². The van der Waals surface area contributed by atoms with E-state index in [0.29, 0.717) is 11.0 Å². The molecule has 0 fully saturated rings. The van der Waals surface area contributed by atoms with Crippen molar-refractivity contribution in [2.75, 3.05) is 24.4 Å². The molecule has 0 saturated heterocycles. The zero-order chi connectivity index (χ0) is 22.4. The number of para-hydroxylation sites is 1. The van der Waals surface area contributed by atoms with Gasteiger partial charge in [-0.1, -0.05) is 12.1 Å². The van der Waals surface area contributed by atoms with Gasteiger partial charge >= 0.3 is 11.8 Å². The van der Waals surface area contributed by atoms with Crippen LogP contribution in [0.25, 0.3) is 11.0 Å². The second kappa shape index (κ2) is 9.34. The first-order valence-electron chi connectivity index (χ1n) is 9.33. The minimum atomic E-state index is -4.03. The fourth-order valence-corrected chi connectivity index (χ4v) is 3.88. The number of fused-ring (bicyclic) bond motifs is 1. The summed E-state index contributed by atoms with van der Waals surface area (Å²) in [5.41, 5.74) is 0.560. The van der Waals surface area contributed by atoms with Gasteiger partial charge in [0.15, 0.2) is 0 Å². The molecule has 0 aliphatic heterocycles. The van der Waals surface area contributed by atoms with Gasteiger partial charge in [0, 0.05) is 13.1 Å². The van der Waals surface area contributed by atoms with E-state index in [1.807, 2.05) is 0 Å². The van der Waals surface area contributed by atoms with Crippen LogP contribution in [0.1, 0.15) is 17.3 Å². The lowest BCUT2D eigenvalue weighted by molar-refractivity contribution is 0.0953. The summed E-state index contributed by atoms with van der Waals surface area (Å²) in [6.07, 6.45) is -0.592. The fraction of sp³-hybridized carbons (Fsp3) is 0.211. The number of aromatic amines is 2. The van der Waals surface area contributed by atoms with Crippen molar-refractivity contribution in [3.05, 3.63) is 58.5 Å². The minimum absolute atomic E-state index is 0.0795. The molecule has 164 valence electrons. The minimum Gasteiger partial charge on any atom is -0.450 e. The van der Waals surface area contributed by atoms with Gasteiger partial charge in [0.25, 0.3) is 15.9 Å². The Morgan fingerprint density at radius 2 is 1.71 bits per heavy atom. The van der Waals surface area contributed by atoms with Crippen molar-refractivity contribution in [3.63, 3.8) is 0 Å². The van der Waals surface area contributed by atoms with Crippen LogP contribution in [-0.2, 0) is 14.8 Å². The van der Waals surface area contributed by atoms with Gasteiger partial charge in [0.2, 0.25) is 0 Å². The van der Waals surface area contributed by atoms with E-state index in [-0.39, 0.29) is 35.8 Å². The second-order valence-corrected chi connectivity index (χ2v) is 8.02. The molecule has 1 heterocycles. The van der Waals surface area contributed by atoms with Crippen LogP contribution >= 0.6 is 0 Å². The summed E-state index contributed by atoms with van der Waals surface area (Å²) in [6, 6.07) is 10.2. The van der Waals surface area contributed by atoms with Gasteiger partial charge in [-0.05, 0) is 37.3 Å². The van der Waals surface area contributed by atoms with Crippen molar-refractivity contribution < 1.29 is 22.7 Å². The fourth-order valence-electron chi connectivity index (χ4n) is 2.77. The predicted octanol–water partition coefficient (Wildman–Crippen LogP) is 1.13. The van der Waals surface area contributed by atoms with Crippen LogP contribution in [0.4, 0.5) is 10.5 Å². The van der Waals surface area contributed by atoms with Crippen molar-refractivity contribution in [2.24, 2.45) is 0 Å². The van der Waals surface area contributed by atoms with Gasteiger partial charge in [-0.15, -0.1) is 0 Å². The average Bonchev–Trinajstić information content (AvgIpc) is 3.10. The SMILES string of the molecule is CCOC(=O)NCCNC(=O)c1ccccc1NS(=O)(=O)c1ccc2[nH]c(=O)[nH]c2c1. The molecular formula is C19H21N5O6S. The van der Waals surface area contributed by atoms with Crippen molar-refractivity contribution in [3.8, 4) is 0 Å². The Bertz CT molecular complexity index is 1260. The summed E-state index contributed by atoms with van der Waals surface area (Å²) in [7, 11) is -4.03. The highest BCUT2D eigenvalue weighted by Gasteiger charge is 2.19. The van der Waals surface area contributed by atoms with Crippen LogP contribution in [0, 0.1) is 0 Å². The lowest BCUT2D eigenvalue weighted by Gasteiger charge is -2.13. The average molecular weight is 447 g/mol. The molecule has 3 rings (SSSR count). The number of aromatic nitrogens is 2. The number of rotatable bonds is 8. The molecule has 0 atom stereocenters. The third-order valence-corrected chi connectivity index (χ3v) is 5.53. The van der Waals surface area contributed by atoms with E-state index in [4.69, 9.17) is 4.74 Å². The third-order valence-electron chi connectivity index (χ3n) is 4.17. The molecule has 0 bridgehead atoms. The summed E-state index contributed by atoms with van der Waals surface area (Å²) in [6.45, 7) is 2.18. The lowest BCUT2D eigenvalue weighted by Crippen LogP contribution is -2.35. The van der Waals surface area contributed by atoms with Gasteiger partial charge in [0.1, 0.15) is 0 Å². The third kappa shape index (κ3) is 5.42. The van der Waals surface area contributed by atoms with E-state index in [1.54, 1.807) is 19.1 Å². The molecule has 0 unspecified atom stereocenters. The molecule has 12 heteroatoms. The maximum absolute atomic E-state index is 12.8. The van der Waals surface area contributed by atoms with Gasteiger partial charge in [-0.2, -0.15) is 0 Å². The van der Waals surface area contributed by atoms with Crippen LogP contribution in [0.5, 0.6) is 0 Å². The summed E-state index contributed by atoms with van der Waals surface area (Å²) in [5, 5.41) is 5.07. The molecule has 2 amide bonds. The summed E-state index contributed by atoms with van der Waals surface area (Å²) < 4.78 is 32.8. The van der Waals surface area contributed by atoms with Crippen molar-refractivity contribution in [2.45, 2.75) is 11.8 Å². The largest absolute Gasteiger partial charge is 0.450 e. The monoisotopic (exact) mass is 447 g/mol. The Morgan fingerprint density at radius 3 is 2.48 bits per heavy atom. The topological polar surface area (TPSA) is 162 Å². The number of alkyl carbamates (subject to hydrolysis) is 1. The highest BCUT2D eigenvalue weighted by molar-refractivity contribution is 7.92. The number of ether oxygens (including phenoxy) is 1. The molecule has 3 aromatic rings. The van der Waals surface area contributed by atoms with Crippen LogP contribution in [0.3, 0.4) is 0 Å². The van der Waals surface area contributed by atoms with Gasteiger partial charge in [-0.3, -0.25) is 9.52 Å². The number of nitrogens with one attached hydrogen (secondary N) is 5. The Morgan fingerprint density at radius 1 is 1.00 bits per heavy atom. The van der Waals surface area contributed by atoms with Crippen molar-refractivity contribution in [1.29, 1.82) is 0 Å². The van der Waals surface area contributed by atoms with Gasteiger partial charge in [0.05, 0.1) is 33.8 Å². The quantitative estimate of drug-likeness (QED) is 0.325. The number of hydrogen-bond donors (Lipinski definition) is 5. The molecule has 1 aromatic heterocycles. The first-order chi connectivity index (χ1) is 14.8. The zero-order valence-corrected chi connectivity index (χ0v) is 17.3. The molecule has 0 aliphatic carbocycles. The summed E-state index contributed by atoms with van der Waals surface area (Å²) >= 11 is 0. The van der Waals surface area contributed by atoms with Crippen LogP contribution in [0.2, 0.25) is 0 Å². The number of carbonyl (C=O) groups excluding carboxylic acids is 2. The number of H-pyrrole nitrogens is 2. The van der Waals surface area contributed by atoms with E-state index in [1.165, 1.54) is 30.3 Å². The number of imidazole rings is 1. The van der Waals surface area contributed by atoms with E-state index < -0.39 is 27.7 Å². The van der Waals surface area contributed by atoms with E-state index >= 15 is 0 Å². The van der Waals surface area contributed by atoms with Crippen molar-refractivity contribution >= 4 is 38.7 Å². The number of carbonyl (C=O) groups is 2. The van der Waals surface area contributed by atoms with E-state index in [2.05, 4.69) is 25.3 Å². The highest BCUT2D eigenvalue weighted by Crippen LogP contribution is 2.21. The Hall–Kier alpha value is -3.80. The molecule has 0 aliphatic rings. The van der Waals surface area contributed by atoms with Crippen LogP contribution in [0.15, 0.2) is 52.2 Å². The maximum Gasteiger partial charge on any atom is 0.407 e. The molecule has 0 saturated carbocycles. The maximum atomic E-state index is 12.8. The summed E-state index contributed by atoms with van der Waals surface area (Å²) in [5.74, 6) is -0.519. The molecule has 11 nitrogen and oxygen atoms in total. The zero-order valence-electron chi connectivity index (χ0n) is 16.5. The number of amides is 2. The van der Waals surface area contributed by atoms with Crippen molar-refractivity contribution in [1.82, 2.24) is 20.6 Å². The standard InChI is InChI=1S/C19H21N5O6S/c1-2-30-19(27)21-10-9-20-17(25)13-5-3-4-6-14(13)24-31(28,29)12-7-8-15-16(11-12)23-18(26)22-15/h3-8,11,24H,2,9-10H2,1H3,(H,20,25)(H,21,27)(H2,22,23,26). The highest BCUT2D eigenvalue weighted by atomic mass is 32.2. The van der Waals surface area contributed by atoms with E-state index in [0.717, 1.165) is 0 Å². The molecule has 2 aromatic carbocycles. The van der Waals surface area contributed by atoms with Crippen LogP contribution < -0.4 is 21.0 Å². The Balaban J connectivity index is 1.72. The number of benzene rings is 2. The normalized spacial score (nSPS) is 11.1. The van der Waals surface area contributed by atoms with E-state index in [9.17, 15) is 22.8 Å². The second-order valence-electron chi connectivity index (χ2n) is 6.34. The number of anilines is 1. The number of hydrogen-bond acceptors (Lipinski definition) is 6. The lowest BCUT2D eigenvalue weighted by atomic mass is 10.1. The Labute approximate surface area is 177 Å². The molecule has 31 heavy (non-hydrogen) atoms. The first kappa shape index (κ1) is 21.9. The summed E-state index contributed by atoms with van der Waals surface area (Å²) in [4.78, 5) is 40.1. The molecule has 5 N–H and O–H groups in total. The van der Waals surface area contributed by atoms with Crippen LogP contribution in [-0.4, -0.2) is 50.1 Å². The first-order valence-corrected chi connectivity index (χ1v) is 10.8. The van der Waals surface area contributed by atoms with Gasteiger partial charge < -0.3 is 25.3 Å². The molecule has 0 spiro atoms. The Kier molecular flexibility index (Phi) is 6.60. The smallest absolute Gasteiger partial charge is 0.407 e. The number of sulfonamides is 1. The predicted molar refractivity (Wildman–Crippen MR) is 114 cm³/mol. The molecule has 0 radical (unpaired) electrons. The molecular weight excluding hydrogens is 426 g/mol.